The molecule has 0 atom stereocenters. The SMILES string of the molecule is O=C(NC(c1ccccc1)c1ccccc1)c1cccc(N2CCCC2=O)c1. The Labute approximate surface area is 164 Å². The molecule has 0 radical (unpaired) electrons. The van der Waals surface area contributed by atoms with Gasteiger partial charge < -0.3 is 10.2 Å². The van der Waals surface area contributed by atoms with E-state index < -0.39 is 0 Å². The molecule has 0 spiro atoms. The van der Waals surface area contributed by atoms with Gasteiger partial charge in [-0.1, -0.05) is 66.7 Å². The van der Waals surface area contributed by atoms with E-state index in [9.17, 15) is 9.59 Å². The first-order valence-corrected chi connectivity index (χ1v) is 9.53. The average Bonchev–Trinajstić information content (AvgIpc) is 3.19. The van der Waals surface area contributed by atoms with Crippen molar-refractivity contribution in [3.63, 3.8) is 0 Å². The summed E-state index contributed by atoms with van der Waals surface area (Å²) in [5.41, 5.74) is 3.38. The summed E-state index contributed by atoms with van der Waals surface area (Å²) >= 11 is 0. The maximum absolute atomic E-state index is 13.0. The summed E-state index contributed by atoms with van der Waals surface area (Å²) < 4.78 is 0. The number of hydrogen-bond donors (Lipinski definition) is 1. The second kappa shape index (κ2) is 8.09. The van der Waals surface area contributed by atoms with E-state index in [1.165, 1.54) is 0 Å². The van der Waals surface area contributed by atoms with E-state index in [4.69, 9.17) is 0 Å². The number of nitrogens with zero attached hydrogens (tertiary/aromatic N) is 1. The number of hydrogen-bond acceptors (Lipinski definition) is 2. The lowest BCUT2D eigenvalue weighted by atomic mass is 9.98. The summed E-state index contributed by atoms with van der Waals surface area (Å²) in [5.74, 6) is -0.0461. The van der Waals surface area contributed by atoms with E-state index in [0.717, 1.165) is 23.2 Å². The van der Waals surface area contributed by atoms with Gasteiger partial charge in [0.1, 0.15) is 0 Å². The van der Waals surface area contributed by atoms with Crippen molar-refractivity contribution in [3.05, 3.63) is 102 Å². The van der Waals surface area contributed by atoms with E-state index in [1.54, 1.807) is 17.0 Å². The van der Waals surface area contributed by atoms with Gasteiger partial charge in [-0.25, -0.2) is 0 Å². The van der Waals surface area contributed by atoms with E-state index >= 15 is 0 Å². The fourth-order valence-electron chi connectivity index (χ4n) is 3.60. The van der Waals surface area contributed by atoms with Crippen LogP contribution in [0, 0.1) is 0 Å². The molecule has 140 valence electrons. The molecule has 1 fully saturated rings. The molecule has 0 bridgehead atoms. The van der Waals surface area contributed by atoms with Crippen molar-refractivity contribution >= 4 is 17.5 Å². The summed E-state index contributed by atoms with van der Waals surface area (Å²) in [7, 11) is 0. The van der Waals surface area contributed by atoms with E-state index in [1.807, 2.05) is 72.8 Å². The lowest BCUT2D eigenvalue weighted by Crippen LogP contribution is -2.30. The van der Waals surface area contributed by atoms with Crippen LogP contribution in [0.4, 0.5) is 5.69 Å². The Hall–Kier alpha value is -3.40. The summed E-state index contributed by atoms with van der Waals surface area (Å²) in [6.45, 7) is 0.709. The molecule has 3 aromatic carbocycles. The Morgan fingerprint density at radius 3 is 2.07 bits per heavy atom. The van der Waals surface area contributed by atoms with Gasteiger partial charge in [0.15, 0.2) is 0 Å². The Kier molecular flexibility index (Phi) is 5.20. The van der Waals surface area contributed by atoms with E-state index in [-0.39, 0.29) is 17.9 Å². The van der Waals surface area contributed by atoms with Crippen molar-refractivity contribution in [1.29, 1.82) is 0 Å². The molecule has 3 aromatic rings. The molecule has 0 unspecified atom stereocenters. The molecule has 28 heavy (non-hydrogen) atoms. The number of nitrogens with one attached hydrogen (secondary N) is 1. The van der Waals surface area contributed by atoms with Gasteiger partial charge in [0.2, 0.25) is 5.91 Å². The molecule has 0 aliphatic carbocycles. The van der Waals surface area contributed by atoms with Gasteiger partial charge in [-0.05, 0) is 35.7 Å². The molecular formula is C24H22N2O2. The molecule has 2 amide bonds. The Bertz CT molecular complexity index is 931. The quantitative estimate of drug-likeness (QED) is 0.727. The van der Waals surface area contributed by atoms with Crippen LogP contribution in [-0.4, -0.2) is 18.4 Å². The topological polar surface area (TPSA) is 49.4 Å². The van der Waals surface area contributed by atoms with Crippen LogP contribution in [-0.2, 0) is 4.79 Å². The number of rotatable bonds is 5. The summed E-state index contributed by atoms with van der Waals surface area (Å²) in [6, 6.07) is 26.9. The Morgan fingerprint density at radius 2 is 1.50 bits per heavy atom. The molecule has 0 saturated carbocycles. The highest BCUT2D eigenvalue weighted by atomic mass is 16.2. The summed E-state index contributed by atoms with van der Waals surface area (Å²) in [5, 5.41) is 3.15. The number of amides is 2. The first-order chi connectivity index (χ1) is 13.7. The van der Waals surface area contributed by atoms with Gasteiger partial charge in [-0.2, -0.15) is 0 Å². The maximum atomic E-state index is 13.0. The third-order valence-electron chi connectivity index (χ3n) is 5.03. The van der Waals surface area contributed by atoms with Crippen LogP contribution >= 0.6 is 0 Å². The van der Waals surface area contributed by atoms with E-state index in [0.29, 0.717) is 18.5 Å². The van der Waals surface area contributed by atoms with Crippen LogP contribution in [0.5, 0.6) is 0 Å². The largest absolute Gasteiger partial charge is 0.341 e. The first-order valence-electron chi connectivity index (χ1n) is 9.53. The fourth-order valence-corrected chi connectivity index (χ4v) is 3.60. The van der Waals surface area contributed by atoms with Gasteiger partial charge in [0, 0.05) is 24.2 Å². The van der Waals surface area contributed by atoms with Gasteiger partial charge in [-0.3, -0.25) is 9.59 Å². The standard InChI is InChI=1S/C24H22N2O2/c27-22-15-8-16-26(22)21-14-7-13-20(17-21)24(28)25-23(18-9-3-1-4-10-18)19-11-5-2-6-12-19/h1-7,9-14,17,23H,8,15-16H2,(H,25,28). The molecule has 1 aliphatic rings. The minimum atomic E-state index is -0.244. The molecule has 4 nitrogen and oxygen atoms in total. The molecule has 1 saturated heterocycles. The van der Waals surface area contributed by atoms with Gasteiger partial charge in [0.25, 0.3) is 5.91 Å². The van der Waals surface area contributed by atoms with Crippen molar-refractivity contribution in [2.45, 2.75) is 18.9 Å². The third-order valence-corrected chi connectivity index (χ3v) is 5.03. The molecule has 1 N–H and O–H groups in total. The monoisotopic (exact) mass is 370 g/mol. The Morgan fingerprint density at radius 1 is 0.857 bits per heavy atom. The lowest BCUT2D eigenvalue weighted by Gasteiger charge is -2.21. The molecule has 1 aliphatic heterocycles. The van der Waals surface area contributed by atoms with Crippen LogP contribution in [0.1, 0.15) is 40.4 Å². The Balaban J connectivity index is 1.61. The van der Waals surface area contributed by atoms with E-state index in [2.05, 4.69) is 5.32 Å². The van der Waals surface area contributed by atoms with Crippen molar-refractivity contribution in [1.82, 2.24) is 5.32 Å². The van der Waals surface area contributed by atoms with Crippen molar-refractivity contribution < 1.29 is 9.59 Å². The minimum absolute atomic E-state index is 0.115. The van der Waals surface area contributed by atoms with Crippen LogP contribution < -0.4 is 10.2 Å². The molecule has 0 aromatic heterocycles. The van der Waals surface area contributed by atoms with Crippen molar-refractivity contribution in [2.24, 2.45) is 0 Å². The highest BCUT2D eigenvalue weighted by Gasteiger charge is 2.23. The third kappa shape index (κ3) is 3.81. The zero-order valence-electron chi connectivity index (χ0n) is 15.5. The number of benzene rings is 3. The average molecular weight is 370 g/mol. The second-order valence-corrected chi connectivity index (χ2v) is 6.93. The number of carbonyl (C=O) groups is 2. The highest BCUT2D eigenvalue weighted by molar-refractivity contribution is 5.99. The molecule has 4 rings (SSSR count). The van der Waals surface area contributed by atoms with Crippen LogP contribution in [0.15, 0.2) is 84.9 Å². The van der Waals surface area contributed by atoms with Crippen LogP contribution in [0.3, 0.4) is 0 Å². The number of carbonyl (C=O) groups excluding carboxylic acids is 2. The lowest BCUT2D eigenvalue weighted by molar-refractivity contribution is -0.117. The van der Waals surface area contributed by atoms with Crippen LogP contribution in [0.25, 0.3) is 0 Å². The van der Waals surface area contributed by atoms with Crippen molar-refractivity contribution in [2.75, 3.05) is 11.4 Å². The molecular weight excluding hydrogens is 348 g/mol. The molecule has 1 heterocycles. The molecule has 4 heteroatoms. The highest BCUT2D eigenvalue weighted by Crippen LogP contribution is 2.25. The van der Waals surface area contributed by atoms with Gasteiger partial charge in [0.05, 0.1) is 6.04 Å². The first kappa shape index (κ1) is 18.0. The predicted molar refractivity (Wildman–Crippen MR) is 110 cm³/mol. The smallest absolute Gasteiger partial charge is 0.252 e. The summed E-state index contributed by atoms with van der Waals surface area (Å²) in [4.78, 5) is 26.8. The van der Waals surface area contributed by atoms with Gasteiger partial charge in [-0.15, -0.1) is 0 Å². The van der Waals surface area contributed by atoms with Crippen LogP contribution in [0.2, 0.25) is 0 Å². The maximum Gasteiger partial charge on any atom is 0.252 e. The zero-order valence-corrected chi connectivity index (χ0v) is 15.5. The second-order valence-electron chi connectivity index (χ2n) is 6.93. The minimum Gasteiger partial charge on any atom is -0.341 e. The summed E-state index contributed by atoms with van der Waals surface area (Å²) in [6.07, 6.45) is 1.43. The predicted octanol–water partition coefficient (Wildman–Crippen LogP) is 4.33. The van der Waals surface area contributed by atoms with Crippen molar-refractivity contribution in [3.8, 4) is 0 Å². The normalized spacial score (nSPS) is 13.8. The number of anilines is 1. The zero-order chi connectivity index (χ0) is 19.3. The van der Waals surface area contributed by atoms with Gasteiger partial charge >= 0.3 is 0 Å². The fraction of sp³-hybridized carbons (Fsp3) is 0.167.